The molecule has 0 aliphatic heterocycles. The van der Waals surface area contributed by atoms with E-state index in [0.717, 1.165) is 0 Å². The van der Waals surface area contributed by atoms with Crippen molar-refractivity contribution in [1.29, 1.82) is 0 Å². The molecule has 128 valence electrons. The number of anilines is 1. The summed E-state index contributed by atoms with van der Waals surface area (Å²) in [5, 5.41) is 3.22. The van der Waals surface area contributed by atoms with E-state index in [0.29, 0.717) is 35.2 Å². The van der Waals surface area contributed by atoms with Gasteiger partial charge in [-0.1, -0.05) is 23.7 Å². The minimum atomic E-state index is -0.435. The van der Waals surface area contributed by atoms with E-state index < -0.39 is 5.97 Å². The number of nitrogens with zero attached hydrogens (tertiary/aromatic N) is 1. The van der Waals surface area contributed by atoms with Crippen molar-refractivity contribution in [2.24, 2.45) is 0 Å². The number of hydrogen-bond donors (Lipinski definition) is 1. The van der Waals surface area contributed by atoms with Gasteiger partial charge in [0.05, 0.1) is 36.7 Å². The van der Waals surface area contributed by atoms with E-state index in [4.69, 9.17) is 20.8 Å². The Morgan fingerprint density at radius 2 is 2.04 bits per heavy atom. The molecule has 1 N–H and O–H groups in total. The second-order valence-corrected chi connectivity index (χ2v) is 5.59. The summed E-state index contributed by atoms with van der Waals surface area (Å²) in [6.07, 6.45) is 1.43. The van der Waals surface area contributed by atoms with Crippen LogP contribution < -0.4 is 5.32 Å². The molecule has 24 heavy (non-hydrogen) atoms. The summed E-state index contributed by atoms with van der Waals surface area (Å²) < 4.78 is 10.3. The van der Waals surface area contributed by atoms with Crippen molar-refractivity contribution in [3.05, 3.63) is 52.9 Å². The number of hydrogen-bond acceptors (Lipinski definition) is 5. The number of ether oxygens (including phenoxy) is 1. The molecule has 0 aliphatic carbocycles. The molecular formula is C17H19ClN2O4. The van der Waals surface area contributed by atoms with Gasteiger partial charge in [0.2, 0.25) is 5.91 Å². The molecule has 0 radical (unpaired) electrons. The van der Waals surface area contributed by atoms with Crippen LogP contribution in [0.15, 0.2) is 41.0 Å². The first kappa shape index (κ1) is 18.0. The molecule has 0 unspecified atom stereocenters. The number of rotatable bonds is 7. The van der Waals surface area contributed by atoms with Gasteiger partial charge in [-0.05, 0) is 32.2 Å². The van der Waals surface area contributed by atoms with Crippen LogP contribution in [-0.2, 0) is 16.1 Å². The fraction of sp³-hybridized carbons (Fsp3) is 0.294. The number of para-hydroxylation sites is 1. The maximum absolute atomic E-state index is 12.1. The van der Waals surface area contributed by atoms with Crippen molar-refractivity contribution in [2.75, 3.05) is 25.5 Å². The van der Waals surface area contributed by atoms with E-state index >= 15 is 0 Å². The molecule has 0 saturated carbocycles. The van der Waals surface area contributed by atoms with Gasteiger partial charge in [-0.2, -0.15) is 0 Å². The summed E-state index contributed by atoms with van der Waals surface area (Å²) in [5.41, 5.74) is 0.929. The number of esters is 1. The number of benzene rings is 1. The molecule has 7 heteroatoms. The molecule has 2 aromatic rings. The average molecular weight is 351 g/mol. The van der Waals surface area contributed by atoms with Crippen molar-refractivity contribution >= 4 is 29.2 Å². The Hall–Kier alpha value is -2.31. The quantitative estimate of drug-likeness (QED) is 0.776. The normalized spacial score (nSPS) is 10.7. The molecule has 6 nitrogen and oxygen atoms in total. The van der Waals surface area contributed by atoms with Crippen LogP contribution in [0.25, 0.3) is 0 Å². The molecule has 0 spiro atoms. The van der Waals surface area contributed by atoms with E-state index in [1.165, 1.54) is 6.26 Å². The fourth-order valence-electron chi connectivity index (χ4n) is 2.15. The van der Waals surface area contributed by atoms with Crippen LogP contribution in [-0.4, -0.2) is 37.0 Å². The fourth-order valence-corrected chi connectivity index (χ4v) is 2.34. The molecule has 1 heterocycles. The molecular weight excluding hydrogens is 332 g/mol. The van der Waals surface area contributed by atoms with E-state index in [1.807, 2.05) is 0 Å². The first-order valence-corrected chi connectivity index (χ1v) is 7.85. The molecule has 1 amide bonds. The molecule has 1 aromatic heterocycles. The maximum Gasteiger partial charge on any atom is 0.341 e. The van der Waals surface area contributed by atoms with Gasteiger partial charge in [0.25, 0.3) is 0 Å². The first-order chi connectivity index (χ1) is 11.5. The molecule has 0 bridgehead atoms. The molecule has 1 aromatic carbocycles. The van der Waals surface area contributed by atoms with Crippen LogP contribution >= 0.6 is 11.6 Å². The Labute approximate surface area is 145 Å². The van der Waals surface area contributed by atoms with Crippen molar-refractivity contribution < 1.29 is 18.7 Å². The summed E-state index contributed by atoms with van der Waals surface area (Å²) in [4.78, 5) is 25.6. The third kappa shape index (κ3) is 4.84. The highest BCUT2D eigenvalue weighted by Crippen LogP contribution is 2.20. The Balaban J connectivity index is 1.93. The summed E-state index contributed by atoms with van der Waals surface area (Å²) in [6.45, 7) is 2.45. The third-order valence-electron chi connectivity index (χ3n) is 3.22. The lowest BCUT2D eigenvalue weighted by Crippen LogP contribution is -2.30. The summed E-state index contributed by atoms with van der Waals surface area (Å²) >= 11 is 6.01. The van der Waals surface area contributed by atoms with Crippen LogP contribution in [0.3, 0.4) is 0 Å². The van der Waals surface area contributed by atoms with Gasteiger partial charge in [-0.3, -0.25) is 9.69 Å². The second kappa shape index (κ2) is 8.52. The topological polar surface area (TPSA) is 71.8 Å². The van der Waals surface area contributed by atoms with Gasteiger partial charge in [-0.15, -0.1) is 0 Å². The van der Waals surface area contributed by atoms with E-state index in [-0.39, 0.29) is 12.5 Å². The number of amides is 1. The predicted molar refractivity (Wildman–Crippen MR) is 91.1 cm³/mol. The Morgan fingerprint density at radius 1 is 1.29 bits per heavy atom. The first-order valence-electron chi connectivity index (χ1n) is 7.47. The lowest BCUT2D eigenvalue weighted by Gasteiger charge is -2.16. The van der Waals surface area contributed by atoms with Gasteiger partial charge in [0, 0.05) is 0 Å². The lowest BCUT2D eigenvalue weighted by molar-refractivity contribution is -0.117. The Bertz CT molecular complexity index is 714. The van der Waals surface area contributed by atoms with Gasteiger partial charge < -0.3 is 14.5 Å². The summed E-state index contributed by atoms with van der Waals surface area (Å²) in [6, 6.07) is 8.57. The smallest absolute Gasteiger partial charge is 0.341 e. The van der Waals surface area contributed by atoms with E-state index in [1.54, 1.807) is 49.2 Å². The third-order valence-corrected chi connectivity index (χ3v) is 3.55. The number of carbonyl (C=O) groups is 2. The molecule has 0 atom stereocenters. The predicted octanol–water partition coefficient (Wildman–Crippen LogP) is 3.18. The highest BCUT2D eigenvalue weighted by atomic mass is 35.5. The van der Waals surface area contributed by atoms with Crippen LogP contribution in [0.4, 0.5) is 5.69 Å². The minimum Gasteiger partial charge on any atom is -0.467 e. The van der Waals surface area contributed by atoms with Gasteiger partial charge >= 0.3 is 5.97 Å². The van der Waals surface area contributed by atoms with Gasteiger partial charge in [-0.25, -0.2) is 4.79 Å². The Kier molecular flexibility index (Phi) is 6.40. The van der Waals surface area contributed by atoms with Crippen LogP contribution in [0, 0.1) is 0 Å². The highest BCUT2D eigenvalue weighted by Gasteiger charge is 2.18. The zero-order valence-electron chi connectivity index (χ0n) is 13.5. The zero-order valence-corrected chi connectivity index (χ0v) is 14.3. The van der Waals surface area contributed by atoms with Crippen molar-refractivity contribution in [1.82, 2.24) is 4.90 Å². The van der Waals surface area contributed by atoms with Crippen LogP contribution in [0.2, 0.25) is 5.02 Å². The van der Waals surface area contributed by atoms with Crippen LogP contribution in [0.1, 0.15) is 23.0 Å². The average Bonchev–Trinajstić information content (AvgIpc) is 2.97. The van der Waals surface area contributed by atoms with Crippen molar-refractivity contribution in [3.63, 3.8) is 0 Å². The maximum atomic E-state index is 12.1. The van der Waals surface area contributed by atoms with E-state index in [2.05, 4.69) is 5.32 Å². The van der Waals surface area contributed by atoms with Gasteiger partial charge in [0.15, 0.2) is 0 Å². The van der Waals surface area contributed by atoms with Gasteiger partial charge in [0.1, 0.15) is 11.3 Å². The SMILES string of the molecule is CCOC(=O)c1ccoc1CN(C)CC(=O)Nc1ccccc1Cl. The van der Waals surface area contributed by atoms with Crippen molar-refractivity contribution in [2.45, 2.75) is 13.5 Å². The summed E-state index contributed by atoms with van der Waals surface area (Å²) in [7, 11) is 1.75. The monoisotopic (exact) mass is 350 g/mol. The van der Waals surface area contributed by atoms with Crippen molar-refractivity contribution in [3.8, 4) is 0 Å². The molecule has 2 rings (SSSR count). The van der Waals surface area contributed by atoms with E-state index in [9.17, 15) is 9.59 Å². The number of halogens is 1. The highest BCUT2D eigenvalue weighted by molar-refractivity contribution is 6.33. The van der Waals surface area contributed by atoms with Crippen LogP contribution in [0.5, 0.6) is 0 Å². The number of furan rings is 1. The minimum absolute atomic E-state index is 0.119. The number of likely N-dealkylation sites (N-methyl/N-ethyl adjacent to an activating group) is 1. The molecule has 0 fully saturated rings. The number of nitrogens with one attached hydrogen (secondary N) is 1. The summed E-state index contributed by atoms with van der Waals surface area (Å²) in [5.74, 6) is -0.188. The molecule has 0 aliphatic rings. The largest absolute Gasteiger partial charge is 0.467 e. The molecule has 0 saturated heterocycles. The lowest BCUT2D eigenvalue weighted by atomic mass is 10.2. The Morgan fingerprint density at radius 3 is 2.75 bits per heavy atom. The second-order valence-electron chi connectivity index (χ2n) is 5.18. The zero-order chi connectivity index (χ0) is 17.5. The standard InChI is InChI=1S/C17H19ClN2O4/c1-3-23-17(22)12-8-9-24-15(12)10-20(2)11-16(21)19-14-7-5-4-6-13(14)18/h4-9H,3,10-11H2,1-2H3,(H,19,21). The number of carbonyl (C=O) groups excluding carboxylic acids is 2.